The van der Waals surface area contributed by atoms with Crippen molar-refractivity contribution in [1.82, 2.24) is 24.5 Å². The Kier molecular flexibility index (Phi) is 38.2. The Balaban J connectivity index is 0.000000243. The quantitative estimate of drug-likeness (QED) is 0.0357. The highest BCUT2D eigenvalue weighted by molar-refractivity contribution is 7.60. The largest absolute Gasteiger partial charge is 0.468 e. The fraction of sp³-hybridized carbons (Fsp3) is 0.438. The number of aromatic nitrogens is 4. The van der Waals surface area contributed by atoms with E-state index in [1.807, 2.05) is 72.7 Å². The molecule has 0 radical (unpaired) electrons. The zero-order chi connectivity index (χ0) is 87.4. The van der Waals surface area contributed by atoms with Crippen LogP contribution in [-0.2, 0) is 90.8 Å². The second-order valence-electron chi connectivity index (χ2n) is 33.3. The molecule has 8 aliphatic rings. The van der Waals surface area contributed by atoms with E-state index in [-0.39, 0.29) is 132 Å². The summed E-state index contributed by atoms with van der Waals surface area (Å²) in [6.45, 7) is 22.6. The van der Waals surface area contributed by atoms with Crippen LogP contribution in [0.15, 0.2) is 178 Å². The number of carbonyl (C=O) groups is 6. The summed E-state index contributed by atoms with van der Waals surface area (Å²) < 4.78 is 109. The van der Waals surface area contributed by atoms with Gasteiger partial charge in [-0.1, -0.05) is 96.6 Å². The molecule has 20 nitrogen and oxygen atoms in total. The van der Waals surface area contributed by atoms with Gasteiger partial charge in [0.2, 0.25) is 0 Å². The minimum absolute atomic E-state index is 0. The van der Waals surface area contributed by atoms with E-state index in [2.05, 4.69) is 37.4 Å². The third-order valence-electron chi connectivity index (χ3n) is 25.0. The van der Waals surface area contributed by atoms with Gasteiger partial charge in [0.25, 0.3) is 0 Å². The number of aliphatic imine (C=N–C) groups is 2. The predicted octanol–water partition coefficient (Wildman–Crippen LogP) is 17.9. The van der Waals surface area contributed by atoms with Gasteiger partial charge in [0.1, 0.15) is 50.9 Å². The first kappa shape index (κ1) is 105. The summed E-state index contributed by atoms with van der Waals surface area (Å²) >= 11 is 0. The first-order valence-corrected chi connectivity index (χ1v) is 41.1. The van der Waals surface area contributed by atoms with Gasteiger partial charge in [-0.3, -0.25) is 43.5 Å². The molecule has 2 saturated carbocycles. The number of carbonyl (C=O) groups excluding carboxylic acids is 6. The van der Waals surface area contributed by atoms with E-state index < -0.39 is 44.7 Å². The molecule has 2 unspecified atom stereocenters. The first-order chi connectivity index (χ1) is 57.8. The standard InChI is InChI=1S/C23H30FN3O3.C22H25FN2O4.C18H20FNO2.C18H18FNO2.C15H17FO2.5H2S/c1-17-20(4-3-5-21(17)24)23(22(28)29-2)7-6-18(14-23)19-15-25-27(16-19)9-8-26-10-12-30-13-11-26;1-14-17(7-6-8-18(14)23)22(19(26)28-5)10-9-15(11-22)16-12-24-25(13-16)20(27)29-21(2,3)4;2*1-12-15(4-3-5-16(12)19)18(17(21)22-2)8-6-13(10-18)14-7-9-20-11-14;1-10-7-8-15(9-10,14(17)18-3)12-5-4-6-13(16)11(12)2;;;;;/h3-5,15-16,18H,6-14H2,1-2H3;6-8,11-13H,9-10H2,1-5H3;3-5,7,11,13H,6,8-10H2,1-2H3;3-5,7,10-11H,6,8-9H2,1-2H3;4-6,9H,7-8H2,1-3H3;5*1H2/t18?,23-;22-;13?,18-;18-;15-;;;;;/m00000...../s1. The van der Waals surface area contributed by atoms with Crippen LogP contribution in [0, 0.1) is 69.6 Å². The van der Waals surface area contributed by atoms with Gasteiger partial charge in [-0.25, -0.2) is 26.7 Å². The Labute approximate surface area is 771 Å². The molecule has 0 bridgehead atoms. The van der Waals surface area contributed by atoms with E-state index >= 15 is 0 Å². The van der Waals surface area contributed by atoms with Gasteiger partial charge in [-0.05, 0) is 265 Å². The number of halogens is 5. The molecular weight excluding hydrogens is 1710 g/mol. The number of morpholine rings is 1. The zero-order valence-electron chi connectivity index (χ0n) is 74.1. The summed E-state index contributed by atoms with van der Waals surface area (Å²) in [7, 11) is 6.89. The molecule has 0 N–H and O–H groups in total. The maximum atomic E-state index is 14.3. The number of rotatable bonds is 17. The molecule has 30 heteroatoms. The maximum Gasteiger partial charge on any atom is 0.435 e. The Morgan fingerprint density at radius 1 is 0.468 bits per heavy atom. The number of ether oxygens (including phenoxy) is 7. The second-order valence-corrected chi connectivity index (χ2v) is 33.3. The van der Waals surface area contributed by atoms with Crippen LogP contribution in [0.1, 0.15) is 177 Å². The molecular formula is C96H120F5N7O13S5. The van der Waals surface area contributed by atoms with Crippen LogP contribution in [0.5, 0.6) is 0 Å². The van der Waals surface area contributed by atoms with Crippen LogP contribution in [0.25, 0.3) is 5.57 Å². The number of nitrogens with zero attached hydrogens (tertiary/aromatic N) is 7. The fourth-order valence-electron chi connectivity index (χ4n) is 18.5. The van der Waals surface area contributed by atoms with Gasteiger partial charge in [0.05, 0.1) is 91.6 Å². The monoisotopic (exact) mass is 1830 g/mol. The van der Waals surface area contributed by atoms with Crippen molar-refractivity contribution in [2.75, 3.05) is 81.5 Å². The Morgan fingerprint density at radius 2 is 0.881 bits per heavy atom. The fourth-order valence-corrected chi connectivity index (χ4v) is 18.5. The molecule has 682 valence electrons. The van der Waals surface area contributed by atoms with Crippen molar-refractivity contribution in [3.63, 3.8) is 0 Å². The molecule has 5 heterocycles. The highest BCUT2D eigenvalue weighted by atomic mass is 32.1. The van der Waals surface area contributed by atoms with Crippen molar-refractivity contribution in [3.05, 3.63) is 264 Å². The Morgan fingerprint density at radius 3 is 1.31 bits per heavy atom. The second kappa shape index (κ2) is 45.6. The molecule has 0 amide bonds. The molecule has 5 aromatic carbocycles. The van der Waals surface area contributed by atoms with Gasteiger partial charge in [-0.15, -0.1) is 0 Å². The maximum absolute atomic E-state index is 14.3. The third-order valence-corrected chi connectivity index (χ3v) is 25.0. The van der Waals surface area contributed by atoms with Crippen molar-refractivity contribution < 1.29 is 83.9 Å². The van der Waals surface area contributed by atoms with Crippen molar-refractivity contribution in [3.8, 4) is 0 Å². The van der Waals surface area contributed by atoms with Gasteiger partial charge in [0.15, 0.2) is 0 Å². The van der Waals surface area contributed by atoms with E-state index in [0.29, 0.717) is 108 Å². The Hall–Kier alpha value is -9.30. The van der Waals surface area contributed by atoms with Crippen LogP contribution in [0.3, 0.4) is 0 Å². The SMILES string of the molecule is COC(=O)[C@@]1(c2cccc(F)c2C)CCC(C2=CCN=C2)C1.COC(=O)[C@@]1(c2cccc(F)c2C)CCC(c2cnn(CCN3CCOCC3)c2)C1.COC(=O)[C@]1(c2cccc(F)c2C)C=C(C)CC1.COC(=O)[C@]1(c2cccc(F)c2C)C=C(C2=CCN=C2)CC1.COC(=O)[C@]1(c2cccc(F)c2C)C=C(c2cnn(C(=O)OC(C)(C)C)c2)CC1.S.S.S.S.S. The zero-order valence-corrected chi connectivity index (χ0v) is 79.1. The van der Waals surface area contributed by atoms with E-state index in [1.165, 1.54) is 71.5 Å². The normalized spacial score (nSPS) is 22.4. The summed E-state index contributed by atoms with van der Waals surface area (Å²) in [5.74, 6) is -2.67. The summed E-state index contributed by atoms with van der Waals surface area (Å²) in [4.78, 5) is 85.9. The van der Waals surface area contributed by atoms with Crippen LogP contribution in [-0.4, -0.2) is 160 Å². The number of esters is 5. The third kappa shape index (κ3) is 22.7. The average Bonchev–Trinajstić information content (AvgIpc) is 1.60. The molecule has 7 aromatic rings. The lowest BCUT2D eigenvalue weighted by Crippen LogP contribution is -2.38. The van der Waals surface area contributed by atoms with E-state index in [4.69, 9.17) is 33.2 Å². The van der Waals surface area contributed by atoms with Crippen molar-refractivity contribution in [2.24, 2.45) is 15.9 Å². The Bertz CT molecular complexity index is 5290. The summed E-state index contributed by atoms with van der Waals surface area (Å²) in [6, 6.07) is 24.4. The first-order valence-electron chi connectivity index (χ1n) is 41.1. The highest BCUT2D eigenvalue weighted by Gasteiger charge is 2.52. The lowest BCUT2D eigenvalue weighted by molar-refractivity contribution is -0.148. The molecule has 0 spiro atoms. The summed E-state index contributed by atoms with van der Waals surface area (Å²) in [5, 5.41) is 8.63. The number of hydrogen-bond donors (Lipinski definition) is 0. The van der Waals surface area contributed by atoms with Crippen molar-refractivity contribution in [2.45, 2.75) is 185 Å². The van der Waals surface area contributed by atoms with Crippen molar-refractivity contribution >= 4 is 121 Å². The number of methoxy groups -OCH3 is 5. The van der Waals surface area contributed by atoms with Crippen LogP contribution >= 0.6 is 67.5 Å². The molecule has 3 fully saturated rings. The minimum Gasteiger partial charge on any atom is -0.468 e. The minimum atomic E-state index is -1.08. The van der Waals surface area contributed by atoms with Crippen LogP contribution in [0.2, 0.25) is 0 Å². The van der Waals surface area contributed by atoms with Gasteiger partial charge < -0.3 is 33.2 Å². The molecule has 15 rings (SSSR count). The van der Waals surface area contributed by atoms with Gasteiger partial charge in [-0.2, -0.15) is 82.4 Å². The number of hydrogen-bond acceptors (Lipinski definition) is 18. The van der Waals surface area contributed by atoms with Crippen LogP contribution < -0.4 is 0 Å². The lowest BCUT2D eigenvalue weighted by atomic mass is 9.75. The molecule has 5 aliphatic carbocycles. The molecule has 7 atom stereocenters. The molecule has 1 saturated heterocycles. The topological polar surface area (TPSA) is 231 Å². The van der Waals surface area contributed by atoms with Gasteiger partial charge in [0, 0.05) is 50.0 Å². The van der Waals surface area contributed by atoms with E-state index in [1.54, 1.807) is 110 Å². The number of allylic oxidation sites excluding steroid dienone is 5. The summed E-state index contributed by atoms with van der Waals surface area (Å²) in [5.41, 5.74) is 8.17. The van der Waals surface area contributed by atoms with E-state index in [9.17, 15) is 50.7 Å². The molecule has 3 aliphatic heterocycles. The predicted molar refractivity (Wildman–Crippen MR) is 504 cm³/mol. The average molecular weight is 1840 g/mol. The summed E-state index contributed by atoms with van der Waals surface area (Å²) in [6.07, 6.45) is 28.2. The molecule has 2 aromatic heterocycles. The highest BCUT2D eigenvalue weighted by Crippen LogP contribution is 2.53. The van der Waals surface area contributed by atoms with Gasteiger partial charge >= 0.3 is 35.9 Å². The van der Waals surface area contributed by atoms with E-state index in [0.717, 1.165) is 115 Å². The molecule has 126 heavy (non-hydrogen) atoms. The van der Waals surface area contributed by atoms with Crippen LogP contribution in [0.4, 0.5) is 26.7 Å². The van der Waals surface area contributed by atoms with Crippen molar-refractivity contribution in [1.29, 1.82) is 0 Å². The smallest absolute Gasteiger partial charge is 0.435 e. The lowest BCUT2D eigenvalue weighted by Gasteiger charge is -2.29. The number of benzene rings is 5.